The average molecular weight is 225 g/mol. The van der Waals surface area contributed by atoms with Gasteiger partial charge in [0.15, 0.2) is 0 Å². The number of carbonyl (C=O) groups excluding carboxylic acids is 1. The molecule has 0 aliphatic heterocycles. The highest BCUT2D eigenvalue weighted by molar-refractivity contribution is 5.81. The number of hydrogen-bond donors (Lipinski definition) is 1. The third-order valence-electron chi connectivity index (χ3n) is 3.65. The molecule has 0 aromatic rings. The van der Waals surface area contributed by atoms with Crippen molar-refractivity contribution in [1.29, 1.82) is 0 Å². The van der Waals surface area contributed by atoms with Crippen LogP contribution in [0, 0.1) is 11.3 Å². The van der Waals surface area contributed by atoms with Gasteiger partial charge in [-0.3, -0.25) is 4.79 Å². The van der Waals surface area contributed by atoms with E-state index in [0.29, 0.717) is 12.0 Å². The van der Waals surface area contributed by atoms with Crippen LogP contribution < -0.4 is 5.32 Å². The van der Waals surface area contributed by atoms with E-state index in [4.69, 9.17) is 0 Å². The molecule has 1 N–H and O–H groups in total. The second-order valence-corrected chi connectivity index (χ2v) is 6.26. The maximum Gasteiger partial charge on any atom is 0.225 e. The predicted molar refractivity (Wildman–Crippen MR) is 68.3 cm³/mol. The van der Waals surface area contributed by atoms with Crippen LogP contribution in [-0.2, 0) is 4.79 Å². The SMILES string of the molecule is C[C@H](NC(=O)C(C)(C)C)C1CCCCCC1. The van der Waals surface area contributed by atoms with Gasteiger partial charge in [0.25, 0.3) is 0 Å². The zero-order valence-corrected chi connectivity index (χ0v) is 11.3. The summed E-state index contributed by atoms with van der Waals surface area (Å²) in [5.41, 5.74) is -0.265. The Morgan fingerprint density at radius 3 is 2.06 bits per heavy atom. The summed E-state index contributed by atoms with van der Waals surface area (Å²) in [4.78, 5) is 11.9. The fourth-order valence-corrected chi connectivity index (χ4v) is 2.35. The molecule has 1 rings (SSSR count). The Morgan fingerprint density at radius 2 is 1.62 bits per heavy atom. The number of nitrogens with one attached hydrogen (secondary N) is 1. The molecule has 0 unspecified atom stereocenters. The fraction of sp³-hybridized carbons (Fsp3) is 0.929. The van der Waals surface area contributed by atoms with Gasteiger partial charge in [0.1, 0.15) is 0 Å². The molecule has 94 valence electrons. The largest absolute Gasteiger partial charge is 0.353 e. The maximum absolute atomic E-state index is 11.9. The lowest BCUT2D eigenvalue weighted by Gasteiger charge is -2.27. The van der Waals surface area contributed by atoms with Gasteiger partial charge in [-0.2, -0.15) is 0 Å². The van der Waals surface area contributed by atoms with Gasteiger partial charge < -0.3 is 5.32 Å². The Balaban J connectivity index is 2.44. The molecule has 0 bridgehead atoms. The van der Waals surface area contributed by atoms with Gasteiger partial charge in [-0.15, -0.1) is 0 Å². The fourth-order valence-electron chi connectivity index (χ4n) is 2.35. The summed E-state index contributed by atoms with van der Waals surface area (Å²) in [6, 6.07) is 0.338. The molecule has 1 aliphatic rings. The van der Waals surface area contributed by atoms with Gasteiger partial charge >= 0.3 is 0 Å². The van der Waals surface area contributed by atoms with Crippen molar-refractivity contribution in [2.75, 3.05) is 0 Å². The van der Waals surface area contributed by atoms with Crippen LogP contribution >= 0.6 is 0 Å². The molecule has 0 radical (unpaired) electrons. The zero-order valence-electron chi connectivity index (χ0n) is 11.3. The maximum atomic E-state index is 11.9. The molecule has 2 nitrogen and oxygen atoms in total. The van der Waals surface area contributed by atoms with Crippen LogP contribution in [0.15, 0.2) is 0 Å². The first-order chi connectivity index (χ1) is 7.41. The van der Waals surface area contributed by atoms with Gasteiger partial charge in [0.2, 0.25) is 5.91 Å². The number of hydrogen-bond acceptors (Lipinski definition) is 1. The van der Waals surface area contributed by atoms with E-state index in [9.17, 15) is 4.79 Å². The van der Waals surface area contributed by atoms with E-state index in [1.807, 2.05) is 20.8 Å². The molecule has 0 saturated heterocycles. The van der Waals surface area contributed by atoms with E-state index in [1.54, 1.807) is 0 Å². The molecule has 1 fully saturated rings. The lowest BCUT2D eigenvalue weighted by Crippen LogP contribution is -2.43. The Hall–Kier alpha value is -0.530. The Kier molecular flexibility index (Phi) is 4.82. The standard InChI is InChI=1S/C14H27NO/c1-11(15-13(16)14(2,3)4)12-9-7-5-6-8-10-12/h11-12H,5-10H2,1-4H3,(H,15,16)/t11-/m0/s1. The van der Waals surface area contributed by atoms with Gasteiger partial charge in [-0.1, -0.05) is 46.5 Å². The van der Waals surface area contributed by atoms with Crippen molar-refractivity contribution < 1.29 is 4.79 Å². The first kappa shape index (κ1) is 13.5. The second kappa shape index (κ2) is 5.70. The normalized spacial score (nSPS) is 21.2. The van der Waals surface area contributed by atoms with Gasteiger partial charge in [0.05, 0.1) is 0 Å². The van der Waals surface area contributed by atoms with Crippen LogP contribution in [0.2, 0.25) is 0 Å². The molecule has 0 spiro atoms. The van der Waals surface area contributed by atoms with Crippen LogP contribution in [0.1, 0.15) is 66.2 Å². The van der Waals surface area contributed by atoms with E-state index in [0.717, 1.165) is 0 Å². The van der Waals surface area contributed by atoms with Crippen LogP contribution in [0.5, 0.6) is 0 Å². The van der Waals surface area contributed by atoms with Crippen LogP contribution in [-0.4, -0.2) is 11.9 Å². The molecule has 0 aromatic carbocycles. The van der Waals surface area contributed by atoms with E-state index in [2.05, 4.69) is 12.2 Å². The minimum absolute atomic E-state index is 0.184. The molecule has 1 aliphatic carbocycles. The molecule has 16 heavy (non-hydrogen) atoms. The van der Waals surface area contributed by atoms with E-state index in [-0.39, 0.29) is 11.3 Å². The first-order valence-corrected chi connectivity index (χ1v) is 6.72. The minimum Gasteiger partial charge on any atom is -0.353 e. The summed E-state index contributed by atoms with van der Waals surface area (Å²) >= 11 is 0. The van der Waals surface area contributed by atoms with E-state index < -0.39 is 0 Å². The summed E-state index contributed by atoms with van der Waals surface area (Å²) in [5, 5.41) is 3.18. The molecular formula is C14H27NO. The van der Waals surface area contributed by atoms with E-state index in [1.165, 1.54) is 38.5 Å². The highest BCUT2D eigenvalue weighted by Gasteiger charge is 2.26. The van der Waals surface area contributed by atoms with Crippen molar-refractivity contribution in [1.82, 2.24) is 5.32 Å². The first-order valence-electron chi connectivity index (χ1n) is 6.72. The summed E-state index contributed by atoms with van der Waals surface area (Å²) < 4.78 is 0. The smallest absolute Gasteiger partial charge is 0.225 e. The molecule has 1 amide bonds. The zero-order chi connectivity index (χ0) is 12.2. The average Bonchev–Trinajstić information content (AvgIpc) is 2.43. The van der Waals surface area contributed by atoms with Gasteiger partial charge in [-0.25, -0.2) is 0 Å². The highest BCUT2D eigenvalue weighted by atomic mass is 16.2. The number of rotatable bonds is 2. The summed E-state index contributed by atoms with van der Waals surface area (Å²) in [5.74, 6) is 0.873. The summed E-state index contributed by atoms with van der Waals surface area (Å²) in [6.07, 6.45) is 7.98. The van der Waals surface area contributed by atoms with Gasteiger partial charge in [-0.05, 0) is 25.7 Å². The summed E-state index contributed by atoms with van der Waals surface area (Å²) in [7, 11) is 0. The molecule has 0 aromatic heterocycles. The quantitative estimate of drug-likeness (QED) is 0.716. The topological polar surface area (TPSA) is 29.1 Å². The minimum atomic E-state index is -0.265. The lowest BCUT2D eigenvalue weighted by molar-refractivity contribution is -0.129. The number of carbonyl (C=O) groups is 1. The van der Waals surface area contributed by atoms with Crippen molar-refractivity contribution in [3.63, 3.8) is 0 Å². The molecule has 0 heterocycles. The lowest BCUT2D eigenvalue weighted by atomic mass is 9.90. The Bertz CT molecular complexity index is 221. The van der Waals surface area contributed by atoms with Crippen molar-refractivity contribution >= 4 is 5.91 Å². The summed E-state index contributed by atoms with van der Waals surface area (Å²) in [6.45, 7) is 8.09. The van der Waals surface area contributed by atoms with E-state index >= 15 is 0 Å². The van der Waals surface area contributed by atoms with Crippen LogP contribution in [0.4, 0.5) is 0 Å². The van der Waals surface area contributed by atoms with Crippen molar-refractivity contribution in [3.05, 3.63) is 0 Å². The predicted octanol–water partition coefficient (Wildman–Crippen LogP) is 3.51. The van der Waals surface area contributed by atoms with Crippen LogP contribution in [0.25, 0.3) is 0 Å². The molecule has 2 heteroatoms. The van der Waals surface area contributed by atoms with Crippen molar-refractivity contribution in [2.24, 2.45) is 11.3 Å². The molecule has 1 atom stereocenters. The Labute approximate surface area is 100 Å². The highest BCUT2D eigenvalue weighted by Crippen LogP contribution is 2.26. The molecular weight excluding hydrogens is 198 g/mol. The van der Waals surface area contributed by atoms with Crippen molar-refractivity contribution in [2.45, 2.75) is 72.3 Å². The van der Waals surface area contributed by atoms with Crippen LogP contribution in [0.3, 0.4) is 0 Å². The monoisotopic (exact) mass is 225 g/mol. The Morgan fingerprint density at radius 1 is 1.12 bits per heavy atom. The third-order valence-corrected chi connectivity index (χ3v) is 3.65. The van der Waals surface area contributed by atoms with Gasteiger partial charge in [0, 0.05) is 11.5 Å². The third kappa shape index (κ3) is 4.15. The number of amides is 1. The van der Waals surface area contributed by atoms with Crippen molar-refractivity contribution in [3.8, 4) is 0 Å². The molecule has 1 saturated carbocycles. The second-order valence-electron chi connectivity index (χ2n) is 6.26.